The number of hydrogen-bond donors (Lipinski definition) is 0. The van der Waals surface area contributed by atoms with Gasteiger partial charge in [0.05, 0.1) is 18.4 Å². The minimum absolute atomic E-state index is 0.236. The molecular formula is C14H10N2O4. The molecule has 2 aromatic rings. The number of rotatable bonds is 4. The molecule has 0 bridgehead atoms. The van der Waals surface area contributed by atoms with Crippen molar-refractivity contribution in [1.29, 1.82) is 0 Å². The van der Waals surface area contributed by atoms with Gasteiger partial charge in [0.1, 0.15) is 5.75 Å². The molecule has 0 fully saturated rings. The first-order valence-electron chi connectivity index (χ1n) is 5.63. The van der Waals surface area contributed by atoms with Crippen molar-refractivity contribution in [3.05, 3.63) is 48.2 Å². The average molecular weight is 270 g/mol. The predicted molar refractivity (Wildman–Crippen MR) is 69.9 cm³/mol. The quantitative estimate of drug-likeness (QED) is 0.485. The van der Waals surface area contributed by atoms with Gasteiger partial charge in [0.2, 0.25) is 12.0 Å². The first kappa shape index (κ1) is 13.5. The van der Waals surface area contributed by atoms with Crippen molar-refractivity contribution in [2.45, 2.75) is 0 Å². The van der Waals surface area contributed by atoms with Crippen LogP contribution in [-0.4, -0.2) is 24.1 Å². The van der Waals surface area contributed by atoms with E-state index in [1.807, 2.05) is 0 Å². The fourth-order valence-electron chi connectivity index (χ4n) is 1.50. The Labute approximate surface area is 114 Å². The maximum Gasteiger partial charge on any atom is 0.338 e. The van der Waals surface area contributed by atoms with Crippen LogP contribution in [0.25, 0.3) is 0 Å². The summed E-state index contributed by atoms with van der Waals surface area (Å²) in [6.07, 6.45) is 2.89. The number of hydrogen-bond acceptors (Lipinski definition) is 6. The van der Waals surface area contributed by atoms with E-state index in [-0.39, 0.29) is 5.88 Å². The number of pyridine rings is 1. The minimum atomic E-state index is -0.475. The Morgan fingerprint density at radius 2 is 2.15 bits per heavy atom. The van der Waals surface area contributed by atoms with Crippen molar-refractivity contribution in [2.24, 2.45) is 4.99 Å². The van der Waals surface area contributed by atoms with Crippen molar-refractivity contribution < 1.29 is 19.1 Å². The molecule has 0 saturated carbocycles. The van der Waals surface area contributed by atoms with Gasteiger partial charge in [-0.2, -0.15) is 4.99 Å². The third-order valence-corrected chi connectivity index (χ3v) is 2.37. The lowest BCUT2D eigenvalue weighted by atomic mass is 10.2. The third kappa shape index (κ3) is 3.28. The summed E-state index contributed by atoms with van der Waals surface area (Å²) in [7, 11) is 1.30. The van der Waals surface area contributed by atoms with E-state index in [0.717, 1.165) is 0 Å². The third-order valence-electron chi connectivity index (χ3n) is 2.37. The molecule has 0 saturated heterocycles. The number of benzene rings is 1. The lowest BCUT2D eigenvalue weighted by Gasteiger charge is -2.06. The van der Waals surface area contributed by atoms with E-state index in [1.54, 1.807) is 24.3 Å². The summed E-state index contributed by atoms with van der Waals surface area (Å²) >= 11 is 0. The summed E-state index contributed by atoms with van der Waals surface area (Å²) in [5, 5.41) is 0. The molecule has 1 aromatic heterocycles. The SMILES string of the molecule is COC(=O)c1ccnc(Oc2cccc(N=C=O)c2)c1. The molecular weight excluding hydrogens is 260 g/mol. The highest BCUT2D eigenvalue weighted by atomic mass is 16.5. The normalized spacial score (nSPS) is 9.45. The lowest BCUT2D eigenvalue weighted by Crippen LogP contribution is -2.01. The zero-order valence-corrected chi connectivity index (χ0v) is 10.6. The first-order chi connectivity index (χ1) is 9.72. The van der Waals surface area contributed by atoms with Crippen LogP contribution in [0.1, 0.15) is 10.4 Å². The zero-order chi connectivity index (χ0) is 14.4. The Morgan fingerprint density at radius 1 is 1.30 bits per heavy atom. The van der Waals surface area contributed by atoms with Crippen LogP contribution in [0.2, 0.25) is 0 Å². The van der Waals surface area contributed by atoms with E-state index in [2.05, 4.69) is 14.7 Å². The average Bonchev–Trinajstić information content (AvgIpc) is 2.47. The van der Waals surface area contributed by atoms with Gasteiger partial charge in [-0.25, -0.2) is 14.6 Å². The van der Waals surface area contributed by atoms with E-state index in [4.69, 9.17) is 4.74 Å². The largest absolute Gasteiger partial charge is 0.465 e. The molecule has 0 N–H and O–H groups in total. The summed E-state index contributed by atoms with van der Waals surface area (Å²) in [4.78, 5) is 29.1. The summed E-state index contributed by atoms with van der Waals surface area (Å²) in [6, 6.07) is 9.52. The van der Waals surface area contributed by atoms with Crippen LogP contribution in [0.3, 0.4) is 0 Å². The standard InChI is InChI=1S/C14H10N2O4/c1-19-14(18)10-5-6-15-13(7-10)20-12-4-2-3-11(8-12)16-9-17/h2-8H,1H3. The number of carbonyl (C=O) groups excluding carboxylic acids is 2. The van der Waals surface area contributed by atoms with Gasteiger partial charge in [-0.3, -0.25) is 0 Å². The number of esters is 1. The van der Waals surface area contributed by atoms with E-state index in [1.165, 1.54) is 31.5 Å². The zero-order valence-electron chi connectivity index (χ0n) is 10.6. The number of isocyanates is 1. The number of methoxy groups -OCH3 is 1. The molecule has 1 heterocycles. The Kier molecular flexibility index (Phi) is 4.21. The minimum Gasteiger partial charge on any atom is -0.465 e. The van der Waals surface area contributed by atoms with Crippen LogP contribution in [0, 0.1) is 0 Å². The topological polar surface area (TPSA) is 77.8 Å². The first-order valence-corrected chi connectivity index (χ1v) is 5.63. The second-order valence-electron chi connectivity index (χ2n) is 3.68. The molecule has 1 aromatic carbocycles. The Bertz CT molecular complexity index is 678. The van der Waals surface area contributed by atoms with Crippen molar-refractivity contribution >= 4 is 17.7 Å². The fraction of sp³-hybridized carbons (Fsp3) is 0.0714. The number of aliphatic imine (C=N–C) groups is 1. The van der Waals surface area contributed by atoms with Crippen LogP contribution < -0.4 is 4.74 Å². The van der Waals surface area contributed by atoms with Gasteiger partial charge in [-0.1, -0.05) is 6.07 Å². The van der Waals surface area contributed by atoms with Gasteiger partial charge in [-0.05, 0) is 18.2 Å². The molecule has 0 radical (unpaired) electrons. The molecule has 100 valence electrons. The van der Waals surface area contributed by atoms with E-state index < -0.39 is 5.97 Å². The summed E-state index contributed by atoms with van der Waals surface area (Å²) in [5.41, 5.74) is 0.751. The lowest BCUT2D eigenvalue weighted by molar-refractivity contribution is 0.0600. The molecule has 2 rings (SSSR count). The molecule has 0 aliphatic rings. The second kappa shape index (κ2) is 6.26. The molecule has 6 nitrogen and oxygen atoms in total. The molecule has 0 aliphatic carbocycles. The van der Waals surface area contributed by atoms with Gasteiger partial charge in [-0.15, -0.1) is 0 Å². The van der Waals surface area contributed by atoms with E-state index in [9.17, 15) is 9.59 Å². The summed E-state index contributed by atoms with van der Waals surface area (Å²) in [6.45, 7) is 0. The molecule has 0 unspecified atom stereocenters. The fourth-order valence-corrected chi connectivity index (χ4v) is 1.50. The van der Waals surface area contributed by atoms with Crippen LogP contribution in [0.15, 0.2) is 47.6 Å². The number of nitrogens with zero attached hydrogens (tertiary/aromatic N) is 2. The van der Waals surface area contributed by atoms with Gasteiger partial charge in [0, 0.05) is 18.3 Å². The molecule has 0 aliphatic heterocycles. The van der Waals surface area contributed by atoms with Gasteiger partial charge in [0.15, 0.2) is 0 Å². The molecule has 0 amide bonds. The molecule has 6 heteroatoms. The van der Waals surface area contributed by atoms with Gasteiger partial charge < -0.3 is 9.47 Å². The van der Waals surface area contributed by atoms with Crippen LogP contribution in [0.5, 0.6) is 11.6 Å². The highest BCUT2D eigenvalue weighted by molar-refractivity contribution is 5.89. The Balaban J connectivity index is 2.23. The van der Waals surface area contributed by atoms with Crippen molar-refractivity contribution in [3.8, 4) is 11.6 Å². The number of ether oxygens (including phenoxy) is 2. The van der Waals surface area contributed by atoms with E-state index in [0.29, 0.717) is 17.0 Å². The second-order valence-corrected chi connectivity index (χ2v) is 3.68. The summed E-state index contributed by atoms with van der Waals surface area (Å²) < 4.78 is 10.1. The Hall–Kier alpha value is -2.98. The Morgan fingerprint density at radius 3 is 2.90 bits per heavy atom. The van der Waals surface area contributed by atoms with Gasteiger partial charge >= 0.3 is 5.97 Å². The van der Waals surface area contributed by atoms with Crippen LogP contribution in [-0.2, 0) is 9.53 Å². The number of carbonyl (C=O) groups is 1. The molecule has 20 heavy (non-hydrogen) atoms. The van der Waals surface area contributed by atoms with Crippen molar-refractivity contribution in [1.82, 2.24) is 4.98 Å². The smallest absolute Gasteiger partial charge is 0.338 e. The van der Waals surface area contributed by atoms with Crippen molar-refractivity contribution in [3.63, 3.8) is 0 Å². The highest BCUT2D eigenvalue weighted by Crippen LogP contribution is 2.24. The monoisotopic (exact) mass is 270 g/mol. The van der Waals surface area contributed by atoms with Crippen molar-refractivity contribution in [2.75, 3.05) is 7.11 Å². The number of aromatic nitrogens is 1. The highest BCUT2D eigenvalue weighted by Gasteiger charge is 2.08. The maximum atomic E-state index is 11.4. The van der Waals surface area contributed by atoms with Crippen LogP contribution >= 0.6 is 0 Å². The maximum absolute atomic E-state index is 11.4. The molecule has 0 atom stereocenters. The van der Waals surface area contributed by atoms with E-state index >= 15 is 0 Å². The van der Waals surface area contributed by atoms with Gasteiger partial charge in [0.25, 0.3) is 0 Å². The van der Waals surface area contributed by atoms with Crippen LogP contribution in [0.4, 0.5) is 5.69 Å². The summed E-state index contributed by atoms with van der Waals surface area (Å²) in [5.74, 6) is 0.202. The molecule has 0 spiro atoms. The predicted octanol–water partition coefficient (Wildman–Crippen LogP) is 2.63.